The maximum atomic E-state index is 11.5. The molecule has 0 saturated heterocycles. The first-order valence-corrected chi connectivity index (χ1v) is 7.61. The molecule has 0 aliphatic rings. The van der Waals surface area contributed by atoms with Crippen LogP contribution in [0.1, 0.15) is 0 Å². The molecule has 3 N–H and O–H groups in total. The molecule has 0 saturated carbocycles. The Bertz CT molecular complexity index is 519. The van der Waals surface area contributed by atoms with Crippen LogP contribution in [-0.2, 0) is 20.0 Å². The van der Waals surface area contributed by atoms with Gasteiger partial charge in [-0.3, -0.25) is 0 Å². The quantitative estimate of drug-likeness (QED) is 0.528. The second kappa shape index (κ2) is 4.91. The van der Waals surface area contributed by atoms with Gasteiger partial charge in [0, 0.05) is 13.1 Å². The van der Waals surface area contributed by atoms with Crippen molar-refractivity contribution in [2.75, 3.05) is 19.3 Å². The molecule has 92 valence electrons. The maximum Gasteiger partial charge on any atom is 0.257 e. The molecule has 1 rings (SSSR count). The van der Waals surface area contributed by atoms with E-state index in [-0.39, 0.29) is 18.1 Å². The summed E-state index contributed by atoms with van der Waals surface area (Å²) >= 11 is 0. The van der Waals surface area contributed by atoms with Crippen molar-refractivity contribution in [2.24, 2.45) is 0 Å². The predicted octanol–water partition coefficient (Wildman–Crippen LogP) is -1.76. The Balaban J connectivity index is 2.45. The van der Waals surface area contributed by atoms with Gasteiger partial charge >= 0.3 is 0 Å². The number of H-pyrrole nitrogens is 1. The fourth-order valence-corrected chi connectivity index (χ4v) is 2.30. The minimum absolute atomic E-state index is 0.00774. The van der Waals surface area contributed by atoms with E-state index in [1.807, 2.05) is 0 Å². The summed E-state index contributed by atoms with van der Waals surface area (Å²) in [6, 6.07) is 0. The molecule has 0 spiro atoms. The van der Waals surface area contributed by atoms with Crippen molar-refractivity contribution in [3.05, 3.63) is 12.5 Å². The highest BCUT2D eigenvalue weighted by molar-refractivity contribution is 7.89. The van der Waals surface area contributed by atoms with E-state index in [0.29, 0.717) is 0 Å². The molecule has 0 unspecified atom stereocenters. The average Bonchev–Trinajstić information content (AvgIpc) is 2.64. The van der Waals surface area contributed by atoms with Crippen LogP contribution < -0.4 is 9.44 Å². The summed E-state index contributed by atoms with van der Waals surface area (Å²) in [6.07, 6.45) is 3.39. The number of aromatic nitrogens is 2. The summed E-state index contributed by atoms with van der Waals surface area (Å²) in [5, 5.41) is -0.0631. The number of nitrogens with zero attached hydrogens (tertiary/aromatic N) is 1. The zero-order valence-electron chi connectivity index (χ0n) is 8.47. The lowest BCUT2D eigenvalue weighted by Gasteiger charge is -2.04. The molecule has 8 nitrogen and oxygen atoms in total. The van der Waals surface area contributed by atoms with Gasteiger partial charge in [0.1, 0.15) is 0 Å². The number of rotatable bonds is 6. The maximum absolute atomic E-state index is 11.5. The van der Waals surface area contributed by atoms with Crippen molar-refractivity contribution >= 4 is 20.0 Å². The van der Waals surface area contributed by atoms with Crippen LogP contribution in [0, 0.1) is 0 Å². The largest absolute Gasteiger partial charge is 0.335 e. The van der Waals surface area contributed by atoms with E-state index < -0.39 is 20.0 Å². The van der Waals surface area contributed by atoms with Crippen LogP contribution >= 0.6 is 0 Å². The third kappa shape index (κ3) is 4.26. The van der Waals surface area contributed by atoms with Crippen LogP contribution in [0.4, 0.5) is 0 Å². The molecule has 0 aliphatic carbocycles. The van der Waals surface area contributed by atoms with Crippen molar-refractivity contribution in [1.29, 1.82) is 0 Å². The molecule has 10 heteroatoms. The van der Waals surface area contributed by atoms with E-state index in [1.54, 1.807) is 0 Å². The van der Waals surface area contributed by atoms with Gasteiger partial charge in [-0.25, -0.2) is 31.3 Å². The number of nitrogens with one attached hydrogen (secondary N) is 3. The standard InChI is InChI=1S/C6H12N4O4S2/c1-15(11,12)9-2-3-10-16(13,14)6-4-7-5-8-6/h4-5,9-10H,2-3H2,1H3,(H,7,8). The Hall–Kier alpha value is -0.970. The number of imidazole rings is 1. The summed E-state index contributed by atoms with van der Waals surface area (Å²) in [6.45, 7) is -0.0410. The summed E-state index contributed by atoms with van der Waals surface area (Å²) in [7, 11) is -6.94. The normalized spacial score (nSPS) is 12.8. The molecule has 0 radical (unpaired) electrons. The Morgan fingerprint density at radius 1 is 1.25 bits per heavy atom. The first kappa shape index (κ1) is 13.1. The molecular weight excluding hydrogens is 256 g/mol. The lowest BCUT2D eigenvalue weighted by molar-refractivity contribution is 0.571. The van der Waals surface area contributed by atoms with Crippen LogP contribution in [0.25, 0.3) is 0 Å². The number of aromatic amines is 1. The highest BCUT2D eigenvalue weighted by atomic mass is 32.2. The number of hydrogen-bond donors (Lipinski definition) is 3. The monoisotopic (exact) mass is 268 g/mol. The molecule has 0 amide bonds. The van der Waals surface area contributed by atoms with E-state index in [2.05, 4.69) is 19.4 Å². The lowest BCUT2D eigenvalue weighted by Crippen LogP contribution is -2.34. The van der Waals surface area contributed by atoms with Crippen LogP contribution in [0.5, 0.6) is 0 Å². The highest BCUT2D eigenvalue weighted by Gasteiger charge is 2.14. The topological polar surface area (TPSA) is 121 Å². The minimum Gasteiger partial charge on any atom is -0.335 e. The van der Waals surface area contributed by atoms with Crippen molar-refractivity contribution in [1.82, 2.24) is 19.4 Å². The summed E-state index contributed by atoms with van der Waals surface area (Å²) in [4.78, 5) is 6.00. The molecule has 0 bridgehead atoms. The molecule has 16 heavy (non-hydrogen) atoms. The zero-order chi connectivity index (χ0) is 12.2. The smallest absolute Gasteiger partial charge is 0.257 e. The van der Waals surface area contributed by atoms with Crippen molar-refractivity contribution < 1.29 is 16.8 Å². The van der Waals surface area contributed by atoms with Crippen LogP contribution in [0.15, 0.2) is 17.6 Å². The van der Waals surface area contributed by atoms with Gasteiger partial charge in [0.15, 0.2) is 5.03 Å². The molecule has 0 fully saturated rings. The Morgan fingerprint density at radius 2 is 1.88 bits per heavy atom. The third-order valence-electron chi connectivity index (χ3n) is 1.54. The minimum atomic E-state index is -3.64. The Kier molecular flexibility index (Phi) is 4.02. The zero-order valence-corrected chi connectivity index (χ0v) is 10.1. The second-order valence-corrected chi connectivity index (χ2v) is 6.55. The number of hydrogen-bond acceptors (Lipinski definition) is 5. The van der Waals surface area contributed by atoms with Gasteiger partial charge in [-0.15, -0.1) is 0 Å². The van der Waals surface area contributed by atoms with Gasteiger partial charge in [-0.05, 0) is 0 Å². The van der Waals surface area contributed by atoms with E-state index in [4.69, 9.17) is 0 Å². The number of sulfonamides is 2. The Morgan fingerprint density at radius 3 is 2.38 bits per heavy atom. The van der Waals surface area contributed by atoms with E-state index >= 15 is 0 Å². The van der Waals surface area contributed by atoms with Crippen LogP contribution in [0.2, 0.25) is 0 Å². The molecule has 1 aromatic heterocycles. The van der Waals surface area contributed by atoms with Gasteiger partial charge in [0.2, 0.25) is 10.0 Å². The van der Waals surface area contributed by atoms with E-state index in [9.17, 15) is 16.8 Å². The fourth-order valence-electron chi connectivity index (χ4n) is 0.890. The molecule has 0 atom stereocenters. The molecule has 1 aromatic rings. The van der Waals surface area contributed by atoms with Crippen molar-refractivity contribution in [2.45, 2.75) is 5.03 Å². The van der Waals surface area contributed by atoms with Gasteiger partial charge in [0.25, 0.3) is 10.0 Å². The predicted molar refractivity (Wildman–Crippen MR) is 56.6 cm³/mol. The van der Waals surface area contributed by atoms with E-state index in [0.717, 1.165) is 12.5 Å². The van der Waals surface area contributed by atoms with Crippen molar-refractivity contribution in [3.63, 3.8) is 0 Å². The average molecular weight is 268 g/mol. The van der Waals surface area contributed by atoms with Gasteiger partial charge in [0.05, 0.1) is 18.8 Å². The summed E-state index contributed by atoms with van der Waals surface area (Å²) < 4.78 is 48.6. The fraction of sp³-hybridized carbons (Fsp3) is 0.500. The molecular formula is C6H12N4O4S2. The highest BCUT2D eigenvalue weighted by Crippen LogP contribution is 2.00. The Labute approximate surface area is 93.6 Å². The SMILES string of the molecule is CS(=O)(=O)NCCNS(=O)(=O)c1cnc[nH]1. The van der Waals surface area contributed by atoms with Gasteiger partial charge in [-0.1, -0.05) is 0 Å². The van der Waals surface area contributed by atoms with Crippen LogP contribution in [-0.4, -0.2) is 46.1 Å². The van der Waals surface area contributed by atoms with E-state index in [1.165, 1.54) is 6.33 Å². The molecule has 1 heterocycles. The lowest BCUT2D eigenvalue weighted by atomic mass is 10.7. The first-order valence-electron chi connectivity index (χ1n) is 4.24. The van der Waals surface area contributed by atoms with Crippen molar-refractivity contribution in [3.8, 4) is 0 Å². The summed E-state index contributed by atoms with van der Waals surface area (Å²) in [5.41, 5.74) is 0. The summed E-state index contributed by atoms with van der Waals surface area (Å²) in [5.74, 6) is 0. The third-order valence-corrected chi connectivity index (χ3v) is 3.66. The first-order chi connectivity index (χ1) is 7.31. The van der Waals surface area contributed by atoms with Crippen LogP contribution in [0.3, 0.4) is 0 Å². The van der Waals surface area contributed by atoms with Gasteiger partial charge < -0.3 is 4.98 Å². The molecule has 0 aliphatic heterocycles. The second-order valence-electron chi connectivity index (χ2n) is 2.98. The van der Waals surface area contributed by atoms with Gasteiger partial charge in [-0.2, -0.15) is 0 Å². The molecule has 0 aromatic carbocycles.